The minimum Gasteiger partial charge on any atom is -0.463 e. The molecule has 2 heteroatoms. The van der Waals surface area contributed by atoms with E-state index in [1.54, 1.807) is 0 Å². The predicted molar refractivity (Wildman–Crippen MR) is 49.9 cm³/mol. The van der Waals surface area contributed by atoms with Crippen LogP contribution in [0.25, 0.3) is 0 Å². The van der Waals surface area contributed by atoms with Crippen LogP contribution in [0.5, 0.6) is 0 Å². The molecule has 0 bridgehead atoms. The summed E-state index contributed by atoms with van der Waals surface area (Å²) in [6.07, 6.45) is 4.08. The van der Waals surface area contributed by atoms with Gasteiger partial charge in [0.05, 0.1) is 6.10 Å². The Labute approximate surface area is 74.6 Å². The molecule has 0 saturated heterocycles. The summed E-state index contributed by atoms with van der Waals surface area (Å²) in [5, 5.41) is 0. The molecule has 0 aromatic carbocycles. The van der Waals surface area contributed by atoms with Gasteiger partial charge in [-0.3, -0.25) is 4.79 Å². The molecule has 0 spiro atoms. The van der Waals surface area contributed by atoms with Crippen LogP contribution in [0.1, 0.15) is 40.5 Å². The maximum absolute atomic E-state index is 10.5. The van der Waals surface area contributed by atoms with Crippen molar-refractivity contribution in [3.63, 3.8) is 0 Å². The molecule has 0 aliphatic carbocycles. The van der Waals surface area contributed by atoms with Crippen molar-refractivity contribution >= 4 is 5.97 Å². The van der Waals surface area contributed by atoms with Crippen LogP contribution in [0.2, 0.25) is 0 Å². The third kappa shape index (κ3) is 7.32. The van der Waals surface area contributed by atoms with E-state index in [9.17, 15) is 4.79 Å². The summed E-state index contributed by atoms with van der Waals surface area (Å²) in [6, 6.07) is 0. The topological polar surface area (TPSA) is 26.3 Å². The Hall–Kier alpha value is -0.790. The van der Waals surface area contributed by atoms with Crippen LogP contribution in [0.15, 0.2) is 11.6 Å². The van der Waals surface area contributed by atoms with E-state index in [-0.39, 0.29) is 12.1 Å². The normalized spacial score (nSPS) is 12.0. The first-order valence-corrected chi connectivity index (χ1v) is 4.33. The van der Waals surface area contributed by atoms with Gasteiger partial charge in [-0.2, -0.15) is 0 Å². The third-order valence-electron chi connectivity index (χ3n) is 1.49. The smallest absolute Gasteiger partial charge is 0.302 e. The molecule has 0 fully saturated rings. The van der Waals surface area contributed by atoms with E-state index in [0.29, 0.717) is 0 Å². The number of hydrogen-bond acceptors (Lipinski definition) is 2. The first-order valence-electron chi connectivity index (χ1n) is 4.33. The summed E-state index contributed by atoms with van der Waals surface area (Å²) in [5.41, 5.74) is 1.31. The first kappa shape index (κ1) is 11.2. The number of carbonyl (C=O) groups excluding carboxylic acids is 1. The fourth-order valence-electron chi connectivity index (χ4n) is 0.949. The lowest BCUT2D eigenvalue weighted by molar-refractivity contribution is -0.145. The van der Waals surface area contributed by atoms with Gasteiger partial charge < -0.3 is 4.74 Å². The first-order chi connectivity index (χ1) is 5.52. The zero-order chi connectivity index (χ0) is 9.56. The van der Waals surface area contributed by atoms with Crippen LogP contribution in [-0.4, -0.2) is 12.1 Å². The lowest BCUT2D eigenvalue weighted by atomic mass is 10.2. The van der Waals surface area contributed by atoms with E-state index in [4.69, 9.17) is 4.74 Å². The van der Waals surface area contributed by atoms with Crippen molar-refractivity contribution < 1.29 is 9.53 Å². The van der Waals surface area contributed by atoms with Crippen LogP contribution in [0.4, 0.5) is 0 Å². The summed E-state index contributed by atoms with van der Waals surface area (Å²) >= 11 is 0. The van der Waals surface area contributed by atoms with E-state index in [0.717, 1.165) is 12.8 Å². The summed E-state index contributed by atoms with van der Waals surface area (Å²) in [6.45, 7) is 7.49. The Morgan fingerprint density at radius 3 is 2.42 bits per heavy atom. The molecular weight excluding hydrogens is 152 g/mol. The second-order valence-electron chi connectivity index (χ2n) is 3.28. The molecular formula is C10H18O2. The number of allylic oxidation sites excluding steroid dienone is 2. The average Bonchev–Trinajstić information content (AvgIpc) is 1.84. The molecule has 12 heavy (non-hydrogen) atoms. The predicted octanol–water partition coefficient (Wildman–Crippen LogP) is 2.68. The zero-order valence-electron chi connectivity index (χ0n) is 8.39. The third-order valence-corrected chi connectivity index (χ3v) is 1.49. The van der Waals surface area contributed by atoms with Gasteiger partial charge in [0, 0.05) is 6.92 Å². The van der Waals surface area contributed by atoms with Gasteiger partial charge in [0.25, 0.3) is 0 Å². The Balaban J connectivity index is 3.50. The molecule has 1 atom stereocenters. The molecule has 0 rings (SSSR count). The van der Waals surface area contributed by atoms with Crippen LogP contribution in [0, 0.1) is 0 Å². The summed E-state index contributed by atoms with van der Waals surface area (Å²) in [7, 11) is 0. The fourth-order valence-corrected chi connectivity index (χ4v) is 0.949. The van der Waals surface area contributed by atoms with E-state index in [1.807, 2.05) is 6.92 Å². The summed E-state index contributed by atoms with van der Waals surface area (Å²) in [5.74, 6) is -0.195. The highest BCUT2D eigenvalue weighted by molar-refractivity contribution is 5.66. The molecule has 0 N–H and O–H groups in total. The van der Waals surface area contributed by atoms with Crippen molar-refractivity contribution in [1.29, 1.82) is 0 Å². The number of esters is 1. The maximum Gasteiger partial charge on any atom is 0.302 e. The molecule has 0 aliphatic rings. The highest BCUT2D eigenvalue weighted by Crippen LogP contribution is 2.04. The van der Waals surface area contributed by atoms with Gasteiger partial charge in [0.15, 0.2) is 0 Å². The highest BCUT2D eigenvalue weighted by atomic mass is 16.5. The van der Waals surface area contributed by atoms with E-state index in [2.05, 4.69) is 19.9 Å². The van der Waals surface area contributed by atoms with Gasteiger partial charge in [-0.25, -0.2) is 0 Å². The fraction of sp³-hybridized carbons (Fsp3) is 0.700. The summed E-state index contributed by atoms with van der Waals surface area (Å²) in [4.78, 5) is 10.5. The van der Waals surface area contributed by atoms with E-state index >= 15 is 0 Å². The van der Waals surface area contributed by atoms with Gasteiger partial charge in [0.1, 0.15) is 0 Å². The molecule has 0 radical (unpaired) electrons. The van der Waals surface area contributed by atoms with Crippen molar-refractivity contribution in [3.05, 3.63) is 11.6 Å². The van der Waals surface area contributed by atoms with Crippen molar-refractivity contribution in [2.75, 3.05) is 0 Å². The minimum absolute atomic E-state index is 0.0399. The van der Waals surface area contributed by atoms with E-state index in [1.165, 1.54) is 12.5 Å². The molecule has 2 nitrogen and oxygen atoms in total. The Morgan fingerprint density at radius 2 is 2.00 bits per heavy atom. The monoisotopic (exact) mass is 170 g/mol. The number of carbonyl (C=O) groups is 1. The molecule has 0 amide bonds. The molecule has 0 aliphatic heterocycles. The second-order valence-corrected chi connectivity index (χ2v) is 3.28. The molecule has 0 heterocycles. The van der Waals surface area contributed by atoms with Crippen molar-refractivity contribution in [2.45, 2.75) is 46.6 Å². The van der Waals surface area contributed by atoms with Gasteiger partial charge >= 0.3 is 5.97 Å². The lowest BCUT2D eigenvalue weighted by Gasteiger charge is -2.09. The Morgan fingerprint density at radius 1 is 1.42 bits per heavy atom. The minimum atomic E-state index is -0.195. The quantitative estimate of drug-likeness (QED) is 0.479. The Kier molecular flexibility index (Phi) is 5.43. The maximum atomic E-state index is 10.5. The Bertz CT molecular complexity index is 167. The zero-order valence-corrected chi connectivity index (χ0v) is 8.39. The molecule has 0 aromatic heterocycles. The van der Waals surface area contributed by atoms with Crippen molar-refractivity contribution in [2.24, 2.45) is 0 Å². The molecule has 70 valence electrons. The largest absolute Gasteiger partial charge is 0.463 e. The highest BCUT2D eigenvalue weighted by Gasteiger charge is 2.02. The molecule has 0 aromatic rings. The molecule has 0 saturated carbocycles. The van der Waals surface area contributed by atoms with Crippen molar-refractivity contribution in [1.82, 2.24) is 0 Å². The van der Waals surface area contributed by atoms with Crippen LogP contribution in [0.3, 0.4) is 0 Å². The standard InChI is InChI=1S/C10H18O2/c1-8(2)6-5-7-9(3)12-10(4)11/h6,9H,5,7H2,1-4H3/t9-/m0/s1. The van der Waals surface area contributed by atoms with Crippen LogP contribution >= 0.6 is 0 Å². The molecule has 0 unspecified atom stereocenters. The average molecular weight is 170 g/mol. The van der Waals surface area contributed by atoms with Gasteiger partial charge in [-0.15, -0.1) is 0 Å². The lowest BCUT2D eigenvalue weighted by Crippen LogP contribution is -2.11. The number of rotatable bonds is 4. The van der Waals surface area contributed by atoms with E-state index < -0.39 is 0 Å². The number of hydrogen-bond donors (Lipinski definition) is 0. The van der Waals surface area contributed by atoms with Gasteiger partial charge in [-0.1, -0.05) is 11.6 Å². The van der Waals surface area contributed by atoms with Crippen molar-refractivity contribution in [3.8, 4) is 0 Å². The summed E-state index contributed by atoms with van der Waals surface area (Å²) < 4.78 is 4.96. The van der Waals surface area contributed by atoms with Crippen LogP contribution < -0.4 is 0 Å². The second kappa shape index (κ2) is 5.81. The van der Waals surface area contributed by atoms with Gasteiger partial charge in [0.2, 0.25) is 0 Å². The van der Waals surface area contributed by atoms with Crippen LogP contribution in [-0.2, 0) is 9.53 Å². The SMILES string of the molecule is CC(=O)O[C@@H](C)CCC=C(C)C. The number of ether oxygens (including phenoxy) is 1. The van der Waals surface area contributed by atoms with Gasteiger partial charge in [-0.05, 0) is 33.6 Å².